The highest BCUT2D eigenvalue weighted by molar-refractivity contribution is 8.01. The minimum absolute atomic E-state index is 0.177. The summed E-state index contributed by atoms with van der Waals surface area (Å²) in [6.07, 6.45) is 3.23. The highest BCUT2D eigenvalue weighted by Crippen LogP contribution is 2.74. The lowest BCUT2D eigenvalue weighted by molar-refractivity contribution is 0.0166. The normalized spacial score (nSPS) is 29.1. The SMILES string of the molecule is CC[C@]12SCN3C[C@H](c4ccc(C(=O)O)cc4)N(Cc4c(OC)cc(C)c5[nH]ccc45)C[C@@H]3[C@H]1C2(C)C. The standard InChI is InChI=1S/C30H37N3O3S/c1-6-30-27(29(30,3)4)24-16-32(14-22-21-11-12-31-26(21)18(2)13-25(22)36-5)23(15-33(24)17-37-30)19-7-9-20(10-8-19)28(34)35/h7-13,23-24,27,31H,6,14-17H2,1-5H3,(H,34,35)/t23-,24-,27+,30+/m1/s1. The number of aromatic nitrogens is 1. The molecule has 3 aliphatic rings. The maximum Gasteiger partial charge on any atom is 0.335 e. The summed E-state index contributed by atoms with van der Waals surface area (Å²) in [6, 6.07) is 12.5. The highest BCUT2D eigenvalue weighted by Gasteiger charge is 2.75. The molecule has 37 heavy (non-hydrogen) atoms. The van der Waals surface area contributed by atoms with Crippen LogP contribution in [0, 0.1) is 18.3 Å². The number of carbonyl (C=O) groups is 1. The fourth-order valence-electron chi connectivity index (χ4n) is 7.64. The van der Waals surface area contributed by atoms with Crippen molar-refractivity contribution in [2.45, 2.75) is 57.5 Å². The molecule has 2 saturated heterocycles. The molecule has 3 aromatic rings. The number of H-pyrrole nitrogens is 1. The minimum Gasteiger partial charge on any atom is -0.496 e. The first-order chi connectivity index (χ1) is 17.7. The van der Waals surface area contributed by atoms with Gasteiger partial charge >= 0.3 is 5.97 Å². The summed E-state index contributed by atoms with van der Waals surface area (Å²) in [5.41, 5.74) is 5.41. The van der Waals surface area contributed by atoms with Gasteiger partial charge in [-0.25, -0.2) is 4.79 Å². The van der Waals surface area contributed by atoms with E-state index < -0.39 is 5.97 Å². The zero-order valence-electron chi connectivity index (χ0n) is 22.4. The van der Waals surface area contributed by atoms with Crippen molar-refractivity contribution in [1.29, 1.82) is 0 Å². The number of nitrogens with one attached hydrogen (secondary N) is 1. The molecule has 3 fully saturated rings. The largest absolute Gasteiger partial charge is 0.496 e. The van der Waals surface area contributed by atoms with Gasteiger partial charge in [-0.05, 0) is 60.1 Å². The Hall–Kier alpha value is -2.48. The van der Waals surface area contributed by atoms with Crippen LogP contribution in [0.15, 0.2) is 42.6 Å². The molecule has 0 radical (unpaired) electrons. The molecular weight excluding hydrogens is 482 g/mol. The molecule has 2 aliphatic heterocycles. The number of carboxylic acid groups (broad SMARTS) is 1. The molecule has 1 aromatic heterocycles. The smallest absolute Gasteiger partial charge is 0.335 e. The number of thioether (sulfide) groups is 1. The summed E-state index contributed by atoms with van der Waals surface area (Å²) >= 11 is 2.16. The number of ether oxygens (including phenoxy) is 1. The second-order valence-electron chi connectivity index (χ2n) is 11.6. The third-order valence-corrected chi connectivity index (χ3v) is 11.7. The molecule has 1 saturated carbocycles. The lowest BCUT2D eigenvalue weighted by atomic mass is 9.93. The number of fused-ring (bicyclic) bond motifs is 4. The number of benzene rings is 2. The van der Waals surface area contributed by atoms with Crippen LogP contribution in [0.1, 0.15) is 60.3 Å². The van der Waals surface area contributed by atoms with Gasteiger partial charge in [-0.1, -0.05) is 32.9 Å². The van der Waals surface area contributed by atoms with Crippen LogP contribution < -0.4 is 4.74 Å². The van der Waals surface area contributed by atoms with Crippen LogP contribution in [0.5, 0.6) is 5.75 Å². The van der Waals surface area contributed by atoms with Gasteiger partial charge in [-0.2, -0.15) is 0 Å². The Balaban J connectivity index is 1.40. The van der Waals surface area contributed by atoms with Gasteiger partial charge in [0.1, 0.15) is 5.75 Å². The van der Waals surface area contributed by atoms with Gasteiger partial charge in [0.25, 0.3) is 0 Å². The van der Waals surface area contributed by atoms with E-state index in [1.54, 1.807) is 19.2 Å². The molecule has 3 heterocycles. The van der Waals surface area contributed by atoms with Gasteiger partial charge in [0.2, 0.25) is 0 Å². The zero-order valence-corrected chi connectivity index (χ0v) is 23.2. The van der Waals surface area contributed by atoms with Crippen molar-refractivity contribution in [3.63, 3.8) is 0 Å². The van der Waals surface area contributed by atoms with Gasteiger partial charge in [0, 0.05) is 65.0 Å². The lowest BCUT2D eigenvalue weighted by Crippen LogP contribution is -2.57. The van der Waals surface area contributed by atoms with Crippen LogP contribution in [-0.4, -0.2) is 62.7 Å². The first-order valence-electron chi connectivity index (χ1n) is 13.3. The molecule has 196 valence electrons. The number of carboxylic acids is 1. The highest BCUT2D eigenvalue weighted by atomic mass is 32.2. The van der Waals surface area contributed by atoms with Crippen molar-refractivity contribution in [3.05, 3.63) is 64.8 Å². The minimum atomic E-state index is -0.884. The average molecular weight is 520 g/mol. The Kier molecular flexibility index (Phi) is 5.90. The van der Waals surface area contributed by atoms with E-state index >= 15 is 0 Å². The zero-order chi connectivity index (χ0) is 26.1. The first kappa shape index (κ1) is 24.8. The molecule has 2 aromatic carbocycles. The Morgan fingerprint density at radius 3 is 2.65 bits per heavy atom. The molecule has 4 atom stereocenters. The summed E-state index contributed by atoms with van der Waals surface area (Å²) < 4.78 is 6.29. The summed E-state index contributed by atoms with van der Waals surface area (Å²) in [4.78, 5) is 20.2. The predicted octanol–water partition coefficient (Wildman–Crippen LogP) is 5.92. The topological polar surface area (TPSA) is 68.8 Å². The van der Waals surface area contributed by atoms with Crippen LogP contribution in [0.25, 0.3) is 10.9 Å². The Morgan fingerprint density at radius 2 is 1.97 bits per heavy atom. The molecule has 6 rings (SSSR count). The number of aromatic amines is 1. The second kappa shape index (κ2) is 8.79. The number of aryl methyl sites for hydroxylation is 1. The maximum absolute atomic E-state index is 11.5. The van der Waals surface area contributed by atoms with E-state index in [1.807, 2.05) is 18.3 Å². The first-order valence-corrected chi connectivity index (χ1v) is 14.3. The van der Waals surface area contributed by atoms with Gasteiger partial charge in [-0.3, -0.25) is 9.80 Å². The van der Waals surface area contributed by atoms with Crippen molar-refractivity contribution in [2.24, 2.45) is 11.3 Å². The monoisotopic (exact) mass is 519 g/mol. The van der Waals surface area contributed by atoms with Crippen molar-refractivity contribution in [1.82, 2.24) is 14.8 Å². The van der Waals surface area contributed by atoms with Gasteiger partial charge in [0.15, 0.2) is 0 Å². The molecule has 6 nitrogen and oxygen atoms in total. The molecule has 0 bridgehead atoms. The Morgan fingerprint density at radius 1 is 1.22 bits per heavy atom. The summed E-state index contributed by atoms with van der Waals surface area (Å²) in [6.45, 7) is 12.1. The van der Waals surface area contributed by atoms with E-state index in [-0.39, 0.29) is 6.04 Å². The number of piperazine rings is 1. The van der Waals surface area contributed by atoms with Crippen molar-refractivity contribution in [3.8, 4) is 5.75 Å². The Bertz CT molecular complexity index is 1350. The summed E-state index contributed by atoms with van der Waals surface area (Å²) in [5, 5.41) is 10.7. The van der Waals surface area contributed by atoms with E-state index in [1.165, 1.54) is 34.0 Å². The van der Waals surface area contributed by atoms with Crippen LogP contribution in [-0.2, 0) is 6.54 Å². The molecule has 1 aliphatic carbocycles. The van der Waals surface area contributed by atoms with E-state index in [4.69, 9.17) is 4.74 Å². The maximum atomic E-state index is 11.5. The van der Waals surface area contributed by atoms with Gasteiger partial charge < -0.3 is 14.8 Å². The van der Waals surface area contributed by atoms with Gasteiger partial charge in [-0.15, -0.1) is 11.8 Å². The number of rotatable bonds is 6. The number of hydrogen-bond donors (Lipinski definition) is 2. The molecule has 0 unspecified atom stereocenters. The fraction of sp³-hybridized carbons (Fsp3) is 0.500. The van der Waals surface area contributed by atoms with Crippen LogP contribution in [0.3, 0.4) is 0 Å². The van der Waals surface area contributed by atoms with Crippen molar-refractivity contribution >= 4 is 28.6 Å². The predicted molar refractivity (Wildman–Crippen MR) is 149 cm³/mol. The number of nitrogens with zero attached hydrogens (tertiary/aromatic N) is 2. The molecule has 0 spiro atoms. The molecule has 0 amide bonds. The summed E-state index contributed by atoms with van der Waals surface area (Å²) in [7, 11) is 1.76. The van der Waals surface area contributed by atoms with E-state index in [0.29, 0.717) is 27.7 Å². The van der Waals surface area contributed by atoms with Gasteiger partial charge in [0.05, 0.1) is 12.7 Å². The van der Waals surface area contributed by atoms with Crippen molar-refractivity contribution in [2.75, 3.05) is 26.1 Å². The molecular formula is C30H37N3O3S. The molecule has 7 heteroatoms. The van der Waals surface area contributed by atoms with E-state index in [9.17, 15) is 9.90 Å². The average Bonchev–Trinajstić information content (AvgIpc) is 3.18. The van der Waals surface area contributed by atoms with E-state index in [0.717, 1.165) is 31.3 Å². The summed E-state index contributed by atoms with van der Waals surface area (Å²) in [5.74, 6) is 1.78. The Labute approximate surface area is 223 Å². The van der Waals surface area contributed by atoms with Crippen molar-refractivity contribution < 1.29 is 14.6 Å². The third-order valence-electron chi connectivity index (χ3n) is 9.66. The van der Waals surface area contributed by atoms with Crippen LogP contribution in [0.4, 0.5) is 0 Å². The fourth-order valence-corrected chi connectivity index (χ4v) is 9.61. The van der Waals surface area contributed by atoms with Crippen LogP contribution in [0.2, 0.25) is 0 Å². The second-order valence-corrected chi connectivity index (χ2v) is 12.8. The van der Waals surface area contributed by atoms with E-state index in [2.05, 4.69) is 66.4 Å². The number of hydrogen-bond acceptors (Lipinski definition) is 5. The number of aromatic carboxylic acids is 1. The lowest BCUT2D eigenvalue weighted by Gasteiger charge is -2.49. The third kappa shape index (κ3) is 3.65. The molecule has 2 N–H and O–H groups in total. The van der Waals surface area contributed by atoms with Crippen LogP contribution >= 0.6 is 11.8 Å². The quantitative estimate of drug-likeness (QED) is 0.421. The number of methoxy groups -OCH3 is 1.